The van der Waals surface area contributed by atoms with E-state index in [1.807, 2.05) is 31.2 Å². The van der Waals surface area contributed by atoms with Crippen LogP contribution in [0.15, 0.2) is 24.3 Å². The van der Waals surface area contributed by atoms with Gasteiger partial charge >= 0.3 is 0 Å². The van der Waals surface area contributed by atoms with Gasteiger partial charge in [-0.1, -0.05) is 37.6 Å². The first-order valence-corrected chi connectivity index (χ1v) is 5.34. The minimum absolute atomic E-state index is 0.466. The average Bonchev–Trinajstić information content (AvgIpc) is 2.83. The van der Waals surface area contributed by atoms with Crippen molar-refractivity contribution in [3.05, 3.63) is 29.8 Å². The van der Waals surface area contributed by atoms with Gasteiger partial charge in [-0.05, 0) is 22.4 Å². The van der Waals surface area contributed by atoms with E-state index in [-0.39, 0.29) is 0 Å². The minimum atomic E-state index is -0.466. The third-order valence-corrected chi connectivity index (χ3v) is 2.48. The maximum absolute atomic E-state index is 10.0. The Hall–Kier alpha value is -1.75. The third kappa shape index (κ3) is 2.09. The molecule has 0 aliphatic carbocycles. The van der Waals surface area contributed by atoms with Gasteiger partial charge in [0.05, 0.1) is 6.10 Å². The molecule has 5 nitrogen and oxygen atoms in total. The SMILES string of the molecule is CCCC(O)c1ccccc1-c1nnn[nH]1. The smallest absolute Gasteiger partial charge is 0.179 e. The Balaban J connectivity index is 2.38. The van der Waals surface area contributed by atoms with E-state index >= 15 is 0 Å². The fourth-order valence-electron chi connectivity index (χ4n) is 1.71. The summed E-state index contributed by atoms with van der Waals surface area (Å²) in [4.78, 5) is 0. The van der Waals surface area contributed by atoms with Gasteiger partial charge in [-0.25, -0.2) is 5.10 Å². The Morgan fingerprint density at radius 1 is 1.38 bits per heavy atom. The van der Waals surface area contributed by atoms with Gasteiger partial charge in [0, 0.05) is 5.56 Å². The molecule has 0 saturated heterocycles. The first kappa shape index (κ1) is 10.8. The van der Waals surface area contributed by atoms with Crippen LogP contribution in [0.2, 0.25) is 0 Å². The second-order valence-corrected chi connectivity index (χ2v) is 3.64. The Bertz CT molecular complexity index is 441. The Morgan fingerprint density at radius 3 is 2.88 bits per heavy atom. The number of nitrogens with one attached hydrogen (secondary N) is 1. The van der Waals surface area contributed by atoms with E-state index in [1.165, 1.54) is 0 Å². The van der Waals surface area contributed by atoms with E-state index in [9.17, 15) is 5.11 Å². The third-order valence-electron chi connectivity index (χ3n) is 2.48. The zero-order chi connectivity index (χ0) is 11.4. The van der Waals surface area contributed by atoms with Crippen molar-refractivity contribution in [1.29, 1.82) is 0 Å². The lowest BCUT2D eigenvalue weighted by molar-refractivity contribution is 0.167. The summed E-state index contributed by atoms with van der Waals surface area (Å²) in [6.45, 7) is 2.04. The van der Waals surface area contributed by atoms with Gasteiger partial charge in [-0.15, -0.1) is 5.10 Å². The van der Waals surface area contributed by atoms with Crippen LogP contribution in [0.4, 0.5) is 0 Å². The fourth-order valence-corrected chi connectivity index (χ4v) is 1.71. The highest BCUT2D eigenvalue weighted by Gasteiger charge is 2.14. The second kappa shape index (κ2) is 4.85. The van der Waals surface area contributed by atoms with Gasteiger partial charge in [-0.2, -0.15) is 0 Å². The standard InChI is InChI=1S/C11H14N4O/c1-2-5-10(16)8-6-3-4-7-9(8)11-12-14-15-13-11/h3-4,6-7,10,16H,2,5H2,1H3,(H,12,13,14,15). The lowest BCUT2D eigenvalue weighted by Gasteiger charge is -2.12. The van der Waals surface area contributed by atoms with E-state index in [1.54, 1.807) is 0 Å². The van der Waals surface area contributed by atoms with Crippen molar-refractivity contribution < 1.29 is 5.11 Å². The summed E-state index contributed by atoms with van der Waals surface area (Å²) in [5.41, 5.74) is 1.72. The van der Waals surface area contributed by atoms with Crippen LogP contribution in [0.1, 0.15) is 31.4 Å². The number of aromatic amines is 1. The number of benzene rings is 1. The van der Waals surface area contributed by atoms with Gasteiger partial charge in [0.1, 0.15) is 0 Å². The Labute approximate surface area is 93.5 Å². The molecule has 0 bridgehead atoms. The van der Waals surface area contributed by atoms with Crippen LogP contribution in [0, 0.1) is 0 Å². The van der Waals surface area contributed by atoms with Crippen LogP contribution in [0.5, 0.6) is 0 Å². The lowest BCUT2D eigenvalue weighted by Crippen LogP contribution is -2.00. The van der Waals surface area contributed by atoms with Crippen LogP contribution in [0.25, 0.3) is 11.4 Å². The lowest BCUT2D eigenvalue weighted by atomic mass is 9.99. The fraction of sp³-hybridized carbons (Fsp3) is 0.364. The number of aliphatic hydroxyl groups excluding tert-OH is 1. The highest BCUT2D eigenvalue weighted by atomic mass is 16.3. The molecule has 1 unspecified atom stereocenters. The molecule has 84 valence electrons. The van der Waals surface area contributed by atoms with Crippen LogP contribution in [0.3, 0.4) is 0 Å². The van der Waals surface area contributed by atoms with Crippen molar-refractivity contribution >= 4 is 0 Å². The monoisotopic (exact) mass is 218 g/mol. The summed E-state index contributed by atoms with van der Waals surface area (Å²) in [6, 6.07) is 7.61. The highest BCUT2D eigenvalue weighted by Crippen LogP contribution is 2.27. The van der Waals surface area contributed by atoms with Crippen molar-refractivity contribution in [2.75, 3.05) is 0 Å². The summed E-state index contributed by atoms with van der Waals surface area (Å²) in [6.07, 6.45) is 1.20. The van der Waals surface area contributed by atoms with Crippen LogP contribution in [-0.2, 0) is 0 Å². The van der Waals surface area contributed by atoms with Gasteiger partial charge in [0.25, 0.3) is 0 Å². The molecule has 2 rings (SSSR count). The van der Waals surface area contributed by atoms with Crippen LogP contribution < -0.4 is 0 Å². The number of hydrogen-bond acceptors (Lipinski definition) is 4. The molecule has 1 aromatic heterocycles. The maximum Gasteiger partial charge on any atom is 0.179 e. The molecular weight excluding hydrogens is 204 g/mol. The van der Waals surface area contributed by atoms with E-state index in [2.05, 4.69) is 20.6 Å². The number of nitrogens with zero attached hydrogens (tertiary/aromatic N) is 3. The van der Waals surface area contributed by atoms with E-state index < -0.39 is 6.10 Å². The first-order chi connectivity index (χ1) is 7.83. The van der Waals surface area contributed by atoms with Crippen LogP contribution in [-0.4, -0.2) is 25.7 Å². The Kier molecular flexibility index (Phi) is 3.26. The van der Waals surface area contributed by atoms with E-state index in [0.717, 1.165) is 24.0 Å². The molecule has 2 aromatic rings. The van der Waals surface area contributed by atoms with Crippen molar-refractivity contribution in [3.8, 4) is 11.4 Å². The van der Waals surface area contributed by atoms with Crippen molar-refractivity contribution in [1.82, 2.24) is 20.6 Å². The van der Waals surface area contributed by atoms with Crippen molar-refractivity contribution in [2.45, 2.75) is 25.9 Å². The van der Waals surface area contributed by atoms with Crippen molar-refractivity contribution in [2.24, 2.45) is 0 Å². The van der Waals surface area contributed by atoms with Crippen LogP contribution >= 0.6 is 0 Å². The van der Waals surface area contributed by atoms with E-state index in [4.69, 9.17) is 0 Å². The molecule has 0 aliphatic rings. The summed E-state index contributed by atoms with van der Waals surface area (Å²) in [5, 5.41) is 23.7. The molecule has 1 aromatic carbocycles. The molecule has 16 heavy (non-hydrogen) atoms. The molecule has 0 amide bonds. The molecule has 2 N–H and O–H groups in total. The van der Waals surface area contributed by atoms with Gasteiger partial charge < -0.3 is 5.11 Å². The zero-order valence-electron chi connectivity index (χ0n) is 9.09. The summed E-state index contributed by atoms with van der Waals surface area (Å²) >= 11 is 0. The van der Waals surface area contributed by atoms with Gasteiger partial charge in [-0.3, -0.25) is 0 Å². The molecule has 0 fully saturated rings. The summed E-state index contributed by atoms with van der Waals surface area (Å²) in [7, 11) is 0. The molecule has 5 heteroatoms. The molecule has 0 aliphatic heterocycles. The first-order valence-electron chi connectivity index (χ1n) is 5.34. The van der Waals surface area contributed by atoms with Crippen molar-refractivity contribution in [3.63, 3.8) is 0 Å². The molecule has 1 heterocycles. The molecule has 0 saturated carbocycles. The van der Waals surface area contributed by atoms with Gasteiger partial charge in [0.2, 0.25) is 0 Å². The number of aromatic nitrogens is 4. The summed E-state index contributed by atoms with van der Waals surface area (Å²) in [5.74, 6) is 0.589. The largest absolute Gasteiger partial charge is 0.388 e. The quantitative estimate of drug-likeness (QED) is 0.819. The number of rotatable bonds is 4. The number of H-pyrrole nitrogens is 1. The number of tetrazole rings is 1. The minimum Gasteiger partial charge on any atom is -0.388 e. The van der Waals surface area contributed by atoms with Gasteiger partial charge in [0.15, 0.2) is 5.82 Å². The molecule has 1 atom stereocenters. The maximum atomic E-state index is 10.0. The molecule has 0 spiro atoms. The predicted octanol–water partition coefficient (Wildman–Crippen LogP) is 1.70. The Morgan fingerprint density at radius 2 is 2.19 bits per heavy atom. The molecular formula is C11H14N4O. The zero-order valence-corrected chi connectivity index (χ0v) is 9.09. The topological polar surface area (TPSA) is 74.7 Å². The highest BCUT2D eigenvalue weighted by molar-refractivity contribution is 5.59. The number of hydrogen-bond donors (Lipinski definition) is 2. The molecule has 0 radical (unpaired) electrons. The normalized spacial score (nSPS) is 12.6. The second-order valence-electron chi connectivity index (χ2n) is 3.64. The number of aliphatic hydroxyl groups is 1. The summed E-state index contributed by atoms with van der Waals surface area (Å²) < 4.78 is 0. The van der Waals surface area contributed by atoms with E-state index in [0.29, 0.717) is 5.82 Å². The average molecular weight is 218 g/mol. The predicted molar refractivity (Wildman–Crippen MR) is 59.5 cm³/mol.